The third-order valence-electron chi connectivity index (χ3n) is 7.56. The lowest BCUT2D eigenvalue weighted by atomic mass is 9.52. The lowest BCUT2D eigenvalue weighted by molar-refractivity contribution is -0.00804. The molecular formula is C28H32N2O2. The van der Waals surface area contributed by atoms with E-state index in [1.54, 1.807) is 0 Å². The number of nitrogens with zero attached hydrogens (tertiary/aromatic N) is 1. The third-order valence-corrected chi connectivity index (χ3v) is 7.56. The van der Waals surface area contributed by atoms with E-state index in [9.17, 15) is 5.11 Å². The highest BCUT2D eigenvalue weighted by Crippen LogP contribution is 2.54. The summed E-state index contributed by atoms with van der Waals surface area (Å²) in [6.07, 6.45) is 5.52. The Morgan fingerprint density at radius 1 is 1.19 bits per heavy atom. The van der Waals surface area contributed by atoms with E-state index in [2.05, 4.69) is 70.7 Å². The van der Waals surface area contributed by atoms with Gasteiger partial charge in [0.2, 0.25) is 0 Å². The summed E-state index contributed by atoms with van der Waals surface area (Å²) in [5.41, 5.74) is 3.38. The number of amidine groups is 1. The van der Waals surface area contributed by atoms with E-state index in [1.165, 1.54) is 16.7 Å². The van der Waals surface area contributed by atoms with E-state index >= 15 is 0 Å². The molecule has 166 valence electrons. The number of fused-ring (bicyclic) bond motifs is 3. The number of benzene rings is 2. The molecule has 2 aliphatic carbocycles. The van der Waals surface area contributed by atoms with Crippen LogP contribution in [0.5, 0.6) is 5.75 Å². The highest BCUT2D eigenvalue weighted by molar-refractivity contribution is 5.85. The lowest BCUT2D eigenvalue weighted by Crippen LogP contribution is -2.50. The fourth-order valence-electron chi connectivity index (χ4n) is 6.08. The van der Waals surface area contributed by atoms with E-state index in [-0.39, 0.29) is 5.41 Å². The highest BCUT2D eigenvalue weighted by Gasteiger charge is 2.51. The summed E-state index contributed by atoms with van der Waals surface area (Å²) in [4.78, 5) is 4.42. The summed E-state index contributed by atoms with van der Waals surface area (Å²) < 4.78 is 6.06. The first-order valence-corrected chi connectivity index (χ1v) is 11.8. The number of aliphatic hydroxyl groups is 1. The third kappa shape index (κ3) is 4.02. The molecule has 0 radical (unpaired) electrons. The molecule has 3 atom stereocenters. The zero-order valence-corrected chi connectivity index (χ0v) is 18.9. The lowest BCUT2D eigenvalue weighted by Gasteiger charge is -2.52. The maximum absolute atomic E-state index is 11.1. The van der Waals surface area contributed by atoms with Gasteiger partial charge in [-0.2, -0.15) is 0 Å². The van der Waals surface area contributed by atoms with Gasteiger partial charge >= 0.3 is 0 Å². The summed E-state index contributed by atoms with van der Waals surface area (Å²) in [7, 11) is 0. The van der Waals surface area contributed by atoms with Crippen LogP contribution in [0.1, 0.15) is 49.3 Å². The van der Waals surface area contributed by atoms with Gasteiger partial charge in [0, 0.05) is 12.0 Å². The van der Waals surface area contributed by atoms with Gasteiger partial charge in [-0.25, -0.2) is 0 Å². The molecule has 1 fully saturated rings. The van der Waals surface area contributed by atoms with Gasteiger partial charge in [0.15, 0.2) is 0 Å². The van der Waals surface area contributed by atoms with Crippen LogP contribution in [0.3, 0.4) is 0 Å². The smallest absolute Gasteiger partial charge is 0.145 e. The number of aryl methyl sites for hydroxylation is 1. The van der Waals surface area contributed by atoms with Crippen molar-refractivity contribution in [1.82, 2.24) is 5.32 Å². The number of aliphatic imine (C=N–C) groups is 1. The Labute approximate surface area is 191 Å². The molecule has 0 saturated heterocycles. The number of rotatable bonds is 5. The standard InChI is InChI=1S/C28H32N2O2/c1-2-12-27(31)13-14-28(18-21-6-4-3-5-7-21)23(19-27)9-8-22-17-24(10-11-25(22)28)32-20-26-29-15-16-30-26/h3-7,10-11,17,23,31H,8-9,13-16,18-20H2,1H3,(H,29,30)/t23-,27-,28+/m1/s1. The Hall–Kier alpha value is -2.77. The van der Waals surface area contributed by atoms with E-state index in [4.69, 9.17) is 4.74 Å². The molecule has 2 aromatic rings. The van der Waals surface area contributed by atoms with Crippen molar-refractivity contribution in [3.63, 3.8) is 0 Å². The largest absolute Gasteiger partial charge is 0.486 e. The molecule has 0 unspecified atom stereocenters. The topological polar surface area (TPSA) is 53.9 Å². The van der Waals surface area contributed by atoms with Gasteiger partial charge in [0.25, 0.3) is 0 Å². The second-order valence-corrected chi connectivity index (χ2v) is 9.53. The summed E-state index contributed by atoms with van der Waals surface area (Å²) in [5, 5.41) is 14.4. The Morgan fingerprint density at radius 2 is 2.06 bits per heavy atom. The van der Waals surface area contributed by atoms with Crippen molar-refractivity contribution in [2.75, 3.05) is 19.7 Å². The zero-order valence-electron chi connectivity index (χ0n) is 18.9. The van der Waals surface area contributed by atoms with Crippen LogP contribution in [0, 0.1) is 17.8 Å². The van der Waals surface area contributed by atoms with Crippen LogP contribution < -0.4 is 10.1 Å². The zero-order chi connectivity index (χ0) is 22.0. The van der Waals surface area contributed by atoms with Crippen molar-refractivity contribution in [3.8, 4) is 17.6 Å². The molecule has 2 N–H and O–H groups in total. The minimum absolute atomic E-state index is 0.0339. The quantitative estimate of drug-likeness (QED) is 0.707. The molecule has 4 heteroatoms. The minimum atomic E-state index is -0.852. The normalized spacial score (nSPS) is 28.4. The molecule has 4 nitrogen and oxygen atoms in total. The molecule has 5 rings (SSSR count). The Morgan fingerprint density at radius 3 is 2.84 bits per heavy atom. The summed E-state index contributed by atoms with van der Waals surface area (Å²) in [6.45, 7) is 4.06. The first-order valence-electron chi connectivity index (χ1n) is 11.8. The van der Waals surface area contributed by atoms with Gasteiger partial charge in [-0.15, -0.1) is 5.92 Å². The predicted octanol–water partition coefficient (Wildman–Crippen LogP) is 4.05. The first kappa shape index (κ1) is 21.1. The Bertz CT molecular complexity index is 1070. The van der Waals surface area contributed by atoms with Crippen LogP contribution in [0.15, 0.2) is 53.5 Å². The molecule has 1 aliphatic heterocycles. The molecule has 2 aromatic carbocycles. The molecule has 0 aromatic heterocycles. The fraction of sp³-hybridized carbons (Fsp3) is 0.464. The van der Waals surface area contributed by atoms with Crippen molar-refractivity contribution in [3.05, 3.63) is 65.2 Å². The Balaban J connectivity index is 1.47. The molecule has 32 heavy (non-hydrogen) atoms. The van der Waals surface area contributed by atoms with Crippen molar-refractivity contribution < 1.29 is 9.84 Å². The fourth-order valence-corrected chi connectivity index (χ4v) is 6.08. The van der Waals surface area contributed by atoms with Crippen LogP contribution in [0.4, 0.5) is 0 Å². The van der Waals surface area contributed by atoms with Gasteiger partial charge in [0.1, 0.15) is 23.8 Å². The van der Waals surface area contributed by atoms with E-state index < -0.39 is 5.60 Å². The Kier molecular flexibility index (Phi) is 5.69. The summed E-state index contributed by atoms with van der Waals surface area (Å²) in [5.74, 6) is 8.35. The molecule has 0 bridgehead atoms. The van der Waals surface area contributed by atoms with E-state index in [0.717, 1.165) is 63.2 Å². The van der Waals surface area contributed by atoms with Crippen LogP contribution in [0.2, 0.25) is 0 Å². The van der Waals surface area contributed by atoms with Gasteiger partial charge < -0.3 is 15.2 Å². The predicted molar refractivity (Wildman–Crippen MR) is 128 cm³/mol. The van der Waals surface area contributed by atoms with Gasteiger partial charge in [0.05, 0.1) is 6.54 Å². The SMILES string of the molecule is CC#C[C@@]1(O)CC[C@@]2(Cc3ccccc3)c3ccc(OCC4=NCCN4)cc3CC[C@@H]2C1. The molecular weight excluding hydrogens is 396 g/mol. The number of nitrogens with one attached hydrogen (secondary N) is 1. The number of hydrogen-bond donors (Lipinski definition) is 2. The van der Waals surface area contributed by atoms with Crippen molar-refractivity contribution >= 4 is 5.84 Å². The second kappa shape index (κ2) is 8.64. The van der Waals surface area contributed by atoms with Crippen molar-refractivity contribution in [2.24, 2.45) is 10.9 Å². The summed E-state index contributed by atoms with van der Waals surface area (Å²) >= 11 is 0. The number of ether oxygens (including phenoxy) is 1. The summed E-state index contributed by atoms with van der Waals surface area (Å²) in [6, 6.07) is 17.5. The number of hydrogen-bond acceptors (Lipinski definition) is 4. The van der Waals surface area contributed by atoms with E-state index in [1.807, 2.05) is 6.92 Å². The van der Waals surface area contributed by atoms with Crippen LogP contribution in [-0.4, -0.2) is 36.2 Å². The highest BCUT2D eigenvalue weighted by atomic mass is 16.5. The van der Waals surface area contributed by atoms with Gasteiger partial charge in [-0.1, -0.05) is 42.3 Å². The first-order chi connectivity index (χ1) is 15.6. The van der Waals surface area contributed by atoms with Gasteiger partial charge in [-0.05, 0) is 80.2 Å². The molecule has 1 saturated carbocycles. The monoisotopic (exact) mass is 428 g/mol. The van der Waals surface area contributed by atoms with Crippen LogP contribution in [-0.2, 0) is 18.3 Å². The molecule has 1 heterocycles. The van der Waals surface area contributed by atoms with Gasteiger partial charge in [-0.3, -0.25) is 4.99 Å². The van der Waals surface area contributed by atoms with Crippen LogP contribution in [0.25, 0.3) is 0 Å². The van der Waals surface area contributed by atoms with Crippen molar-refractivity contribution in [2.45, 2.75) is 56.5 Å². The minimum Gasteiger partial charge on any atom is -0.486 e. The second-order valence-electron chi connectivity index (χ2n) is 9.53. The molecule has 3 aliphatic rings. The average molecular weight is 429 g/mol. The van der Waals surface area contributed by atoms with E-state index in [0.29, 0.717) is 12.5 Å². The average Bonchev–Trinajstić information content (AvgIpc) is 3.33. The van der Waals surface area contributed by atoms with Crippen molar-refractivity contribution in [1.29, 1.82) is 0 Å². The maximum Gasteiger partial charge on any atom is 0.145 e. The molecule has 0 spiro atoms. The van der Waals surface area contributed by atoms with Crippen LogP contribution >= 0.6 is 0 Å². The maximum atomic E-state index is 11.1. The molecule has 0 amide bonds.